The summed E-state index contributed by atoms with van der Waals surface area (Å²) in [6.45, 7) is 0. The topological polar surface area (TPSA) is 86.3 Å². The number of hydrogen-bond acceptors (Lipinski definition) is 4. The summed E-state index contributed by atoms with van der Waals surface area (Å²) in [6.07, 6.45) is -1.04. The second kappa shape index (κ2) is 9.17. The zero-order valence-electron chi connectivity index (χ0n) is 18.0. The van der Waals surface area contributed by atoms with Gasteiger partial charge in [0.2, 0.25) is 0 Å². The maximum absolute atomic E-state index is 13.3. The van der Waals surface area contributed by atoms with Crippen molar-refractivity contribution in [3.05, 3.63) is 108 Å². The average molecular weight is 452 g/mol. The Balaban J connectivity index is 1.39. The summed E-state index contributed by atoms with van der Waals surface area (Å²) >= 11 is 0. The number of halogens is 1. The summed E-state index contributed by atoms with van der Waals surface area (Å²) in [5, 5.41) is 21.3. The fourth-order valence-electron chi connectivity index (χ4n) is 3.86. The number of aromatic nitrogens is 1. The van der Waals surface area contributed by atoms with Crippen LogP contribution in [0.3, 0.4) is 0 Å². The molecule has 0 fully saturated rings. The minimum Gasteiger partial charge on any atom is -0.369 e. The van der Waals surface area contributed by atoms with Crippen LogP contribution in [0.4, 0.5) is 26.2 Å². The van der Waals surface area contributed by atoms with Gasteiger partial charge in [-0.3, -0.25) is 0 Å². The van der Waals surface area contributed by atoms with E-state index in [-0.39, 0.29) is 0 Å². The predicted octanol–water partition coefficient (Wildman–Crippen LogP) is 6.27. The van der Waals surface area contributed by atoms with Gasteiger partial charge in [-0.15, -0.1) is 0 Å². The largest absolute Gasteiger partial charge is 0.369 e. The number of benzene rings is 4. The Labute approximate surface area is 195 Å². The molecule has 0 saturated heterocycles. The molecular formula is C27H21FN4O2. The van der Waals surface area contributed by atoms with Crippen molar-refractivity contribution in [1.29, 1.82) is 0 Å². The van der Waals surface area contributed by atoms with Gasteiger partial charge in [0.1, 0.15) is 5.82 Å². The molecule has 2 amide bonds. The van der Waals surface area contributed by atoms with E-state index in [1.807, 2.05) is 48.5 Å². The Morgan fingerprint density at radius 3 is 2.00 bits per heavy atom. The van der Waals surface area contributed by atoms with Crippen LogP contribution in [0, 0.1) is 5.82 Å². The first-order valence-electron chi connectivity index (χ1n) is 10.7. The molecule has 0 spiro atoms. The SMILES string of the molecule is O=C(Nc1cccc(F)c1)Nc1cccc(C(O)Nc2c3ccccc3nc3ccccc23)c1. The number of nitrogens with zero attached hydrogens (tertiary/aromatic N) is 1. The zero-order chi connectivity index (χ0) is 23.5. The number of carbonyl (C=O) groups is 1. The molecule has 0 bridgehead atoms. The third-order valence-corrected chi connectivity index (χ3v) is 5.41. The highest BCUT2D eigenvalue weighted by Gasteiger charge is 2.14. The van der Waals surface area contributed by atoms with Crippen LogP contribution in [0.2, 0.25) is 0 Å². The molecule has 1 atom stereocenters. The molecular weight excluding hydrogens is 431 g/mol. The number of fused-ring (bicyclic) bond motifs is 2. The van der Waals surface area contributed by atoms with Gasteiger partial charge in [-0.2, -0.15) is 0 Å². The van der Waals surface area contributed by atoms with Gasteiger partial charge in [-0.1, -0.05) is 54.6 Å². The molecule has 5 aromatic rings. The van der Waals surface area contributed by atoms with Crippen LogP contribution in [-0.2, 0) is 0 Å². The number of amides is 2. The van der Waals surface area contributed by atoms with E-state index in [1.54, 1.807) is 30.3 Å². The third-order valence-electron chi connectivity index (χ3n) is 5.41. The highest BCUT2D eigenvalue weighted by molar-refractivity contribution is 6.07. The van der Waals surface area contributed by atoms with Crippen molar-refractivity contribution < 1.29 is 14.3 Å². The van der Waals surface area contributed by atoms with Crippen LogP contribution in [0.25, 0.3) is 21.8 Å². The molecule has 1 aromatic heterocycles. The Hall–Kier alpha value is -4.49. The minimum absolute atomic E-state index is 0.340. The van der Waals surface area contributed by atoms with E-state index >= 15 is 0 Å². The van der Waals surface area contributed by atoms with Gasteiger partial charge in [-0.25, -0.2) is 14.2 Å². The van der Waals surface area contributed by atoms with Gasteiger partial charge in [0.25, 0.3) is 0 Å². The lowest BCUT2D eigenvalue weighted by molar-refractivity contribution is 0.208. The summed E-state index contributed by atoms with van der Waals surface area (Å²) in [4.78, 5) is 17.0. The first kappa shape index (κ1) is 21.4. The Kier molecular flexibility index (Phi) is 5.76. The minimum atomic E-state index is -1.04. The van der Waals surface area contributed by atoms with Crippen LogP contribution in [0.15, 0.2) is 97.1 Å². The van der Waals surface area contributed by atoms with E-state index in [2.05, 4.69) is 16.0 Å². The monoisotopic (exact) mass is 452 g/mol. The van der Waals surface area contributed by atoms with E-state index in [9.17, 15) is 14.3 Å². The van der Waals surface area contributed by atoms with Crippen molar-refractivity contribution in [3.63, 3.8) is 0 Å². The summed E-state index contributed by atoms with van der Waals surface area (Å²) in [6, 6.07) is 27.5. The van der Waals surface area contributed by atoms with Crippen LogP contribution in [0.1, 0.15) is 11.8 Å². The molecule has 6 nitrogen and oxygen atoms in total. The highest BCUT2D eigenvalue weighted by Crippen LogP contribution is 2.33. The number of carbonyl (C=O) groups excluding carboxylic acids is 1. The molecule has 0 radical (unpaired) electrons. The van der Waals surface area contributed by atoms with Crippen molar-refractivity contribution >= 4 is 44.9 Å². The van der Waals surface area contributed by atoms with E-state index in [4.69, 9.17) is 4.98 Å². The number of para-hydroxylation sites is 2. The van der Waals surface area contributed by atoms with Crippen molar-refractivity contribution in [2.24, 2.45) is 0 Å². The standard InChI is InChI=1S/C27H21FN4O2/c28-18-8-6-10-20(16-18)30-27(34)29-19-9-5-7-17(15-19)26(33)32-25-21-11-1-3-13-23(21)31-24-14-4-2-12-22(24)25/h1-16,26,33H,(H,31,32)(H2,29,30,34). The van der Waals surface area contributed by atoms with Crippen molar-refractivity contribution in [2.45, 2.75) is 6.23 Å². The number of anilines is 3. The first-order chi connectivity index (χ1) is 16.6. The second-order valence-electron chi connectivity index (χ2n) is 7.78. The molecule has 1 unspecified atom stereocenters. The lowest BCUT2D eigenvalue weighted by atomic mass is 10.1. The number of nitrogens with one attached hydrogen (secondary N) is 3. The molecule has 0 aliphatic carbocycles. The van der Waals surface area contributed by atoms with E-state index in [1.165, 1.54) is 18.2 Å². The number of hydrogen-bond donors (Lipinski definition) is 4. The van der Waals surface area contributed by atoms with Gasteiger partial charge in [0.05, 0.1) is 16.7 Å². The van der Waals surface area contributed by atoms with Crippen molar-refractivity contribution in [3.8, 4) is 0 Å². The lowest BCUT2D eigenvalue weighted by Gasteiger charge is -2.19. The van der Waals surface area contributed by atoms with Crippen molar-refractivity contribution in [2.75, 3.05) is 16.0 Å². The smallest absolute Gasteiger partial charge is 0.323 e. The molecule has 1 heterocycles. The molecule has 0 saturated carbocycles. The van der Waals surface area contributed by atoms with E-state index < -0.39 is 18.1 Å². The molecule has 0 aliphatic rings. The average Bonchev–Trinajstić information content (AvgIpc) is 2.84. The van der Waals surface area contributed by atoms with Gasteiger partial charge < -0.3 is 21.1 Å². The van der Waals surface area contributed by atoms with Crippen LogP contribution in [0.5, 0.6) is 0 Å². The number of aliphatic hydroxyl groups excluding tert-OH is 1. The summed E-state index contributed by atoms with van der Waals surface area (Å²) in [5.74, 6) is -0.440. The fraction of sp³-hybridized carbons (Fsp3) is 0.0370. The summed E-state index contributed by atoms with van der Waals surface area (Å²) in [5.41, 5.74) is 3.80. The predicted molar refractivity (Wildman–Crippen MR) is 133 cm³/mol. The van der Waals surface area contributed by atoms with Gasteiger partial charge >= 0.3 is 6.03 Å². The van der Waals surface area contributed by atoms with E-state index in [0.29, 0.717) is 16.9 Å². The number of urea groups is 1. The van der Waals surface area contributed by atoms with Gasteiger partial charge in [0, 0.05) is 27.7 Å². The normalized spacial score (nSPS) is 11.8. The zero-order valence-corrected chi connectivity index (χ0v) is 18.0. The molecule has 5 rings (SSSR count). The number of aliphatic hydroxyl groups is 1. The van der Waals surface area contributed by atoms with Crippen LogP contribution < -0.4 is 16.0 Å². The molecule has 168 valence electrons. The fourth-order valence-corrected chi connectivity index (χ4v) is 3.86. The molecule has 34 heavy (non-hydrogen) atoms. The quantitative estimate of drug-likeness (QED) is 0.187. The Bertz CT molecular complexity index is 1450. The van der Waals surface area contributed by atoms with Crippen LogP contribution in [-0.4, -0.2) is 16.1 Å². The van der Waals surface area contributed by atoms with Gasteiger partial charge in [-0.05, 0) is 42.5 Å². The maximum atomic E-state index is 13.3. The number of pyridine rings is 1. The molecule has 4 N–H and O–H groups in total. The highest BCUT2D eigenvalue weighted by atomic mass is 19.1. The number of rotatable bonds is 5. The molecule has 4 aromatic carbocycles. The first-order valence-corrected chi connectivity index (χ1v) is 10.7. The Morgan fingerprint density at radius 1 is 0.765 bits per heavy atom. The lowest BCUT2D eigenvalue weighted by Crippen LogP contribution is -2.20. The van der Waals surface area contributed by atoms with Gasteiger partial charge in [0.15, 0.2) is 6.23 Å². The van der Waals surface area contributed by atoms with Crippen molar-refractivity contribution in [1.82, 2.24) is 4.98 Å². The Morgan fingerprint density at radius 2 is 1.35 bits per heavy atom. The van der Waals surface area contributed by atoms with Crippen LogP contribution >= 0.6 is 0 Å². The third kappa shape index (κ3) is 4.51. The second-order valence-corrected chi connectivity index (χ2v) is 7.78. The maximum Gasteiger partial charge on any atom is 0.323 e. The summed E-state index contributed by atoms with van der Waals surface area (Å²) < 4.78 is 13.3. The molecule has 7 heteroatoms. The van der Waals surface area contributed by atoms with E-state index in [0.717, 1.165) is 27.5 Å². The molecule has 0 aliphatic heterocycles. The summed E-state index contributed by atoms with van der Waals surface area (Å²) in [7, 11) is 0.